The van der Waals surface area contributed by atoms with Gasteiger partial charge in [0.25, 0.3) is 5.91 Å². The van der Waals surface area contributed by atoms with E-state index in [9.17, 15) is 4.79 Å². The van der Waals surface area contributed by atoms with Crippen LogP contribution in [0.2, 0.25) is 0 Å². The molecule has 4 nitrogen and oxygen atoms in total. The molecule has 0 aromatic heterocycles. The third kappa shape index (κ3) is 2.65. The number of nitrogens with two attached hydrogens (primary N) is 1. The maximum Gasteiger partial charge on any atom is 0.251 e. The quantitative estimate of drug-likeness (QED) is 0.851. The van der Waals surface area contributed by atoms with Gasteiger partial charge in [-0.05, 0) is 36.1 Å². The van der Waals surface area contributed by atoms with E-state index in [1.165, 1.54) is 12.0 Å². The van der Waals surface area contributed by atoms with Crippen molar-refractivity contribution in [3.8, 4) is 0 Å². The van der Waals surface area contributed by atoms with Crippen molar-refractivity contribution in [1.82, 2.24) is 5.32 Å². The van der Waals surface area contributed by atoms with Gasteiger partial charge in [0.1, 0.15) is 0 Å². The standard InChI is InChI=1S/C15H20N2O2/c16-13-3-1-2-4-14(13)17-15(18)10-5-6-11-8-19-9-12(11)7-10/h5-7,13-14H,1-4,8-9,16H2,(H,17,18). The zero-order chi connectivity index (χ0) is 13.2. The van der Waals surface area contributed by atoms with Gasteiger partial charge in [0, 0.05) is 17.6 Å². The summed E-state index contributed by atoms with van der Waals surface area (Å²) in [5.41, 5.74) is 9.08. The minimum atomic E-state index is -0.0166. The van der Waals surface area contributed by atoms with Gasteiger partial charge in [0.05, 0.1) is 13.2 Å². The fraction of sp³-hybridized carbons (Fsp3) is 0.533. The van der Waals surface area contributed by atoms with Gasteiger partial charge >= 0.3 is 0 Å². The smallest absolute Gasteiger partial charge is 0.251 e. The van der Waals surface area contributed by atoms with Gasteiger partial charge in [-0.3, -0.25) is 4.79 Å². The van der Waals surface area contributed by atoms with Crippen LogP contribution in [0.1, 0.15) is 47.2 Å². The molecule has 3 N–H and O–H groups in total. The van der Waals surface area contributed by atoms with Crippen molar-refractivity contribution < 1.29 is 9.53 Å². The van der Waals surface area contributed by atoms with E-state index in [4.69, 9.17) is 10.5 Å². The Morgan fingerprint density at radius 2 is 2.00 bits per heavy atom. The number of hydrogen-bond acceptors (Lipinski definition) is 3. The summed E-state index contributed by atoms with van der Waals surface area (Å²) in [4.78, 5) is 12.3. The van der Waals surface area contributed by atoms with E-state index in [1.807, 2.05) is 18.2 Å². The third-order valence-electron chi connectivity index (χ3n) is 4.12. The molecule has 102 valence electrons. The molecule has 1 aromatic carbocycles. The molecule has 3 rings (SSSR count). The molecule has 1 fully saturated rings. The van der Waals surface area contributed by atoms with Crippen LogP contribution in [0.4, 0.5) is 0 Å². The molecule has 1 aliphatic heterocycles. The van der Waals surface area contributed by atoms with Gasteiger partial charge in [-0.2, -0.15) is 0 Å². The van der Waals surface area contributed by atoms with E-state index in [1.54, 1.807) is 0 Å². The first-order chi connectivity index (χ1) is 9.24. The van der Waals surface area contributed by atoms with Gasteiger partial charge in [-0.15, -0.1) is 0 Å². The molecule has 1 aromatic rings. The number of carbonyl (C=O) groups excluding carboxylic acids is 1. The number of carbonyl (C=O) groups is 1. The SMILES string of the molecule is NC1CCCCC1NC(=O)c1ccc2c(c1)COC2. The molecule has 2 unspecified atom stereocenters. The molecule has 1 heterocycles. The second kappa shape index (κ2) is 5.31. The molecule has 4 heteroatoms. The average Bonchev–Trinajstić information content (AvgIpc) is 2.88. The predicted octanol–water partition coefficient (Wildman–Crippen LogP) is 1.72. The molecule has 0 spiro atoms. The number of nitrogens with one attached hydrogen (secondary N) is 1. The van der Waals surface area contributed by atoms with Crippen LogP contribution in [0, 0.1) is 0 Å². The van der Waals surface area contributed by atoms with Gasteiger partial charge in [-0.25, -0.2) is 0 Å². The molecule has 2 atom stereocenters. The Labute approximate surface area is 113 Å². The summed E-state index contributed by atoms with van der Waals surface area (Å²) in [6.07, 6.45) is 4.31. The van der Waals surface area contributed by atoms with E-state index in [0.717, 1.165) is 24.8 Å². The summed E-state index contributed by atoms with van der Waals surface area (Å²) in [5, 5.41) is 3.07. The number of rotatable bonds is 2. The van der Waals surface area contributed by atoms with Crippen LogP contribution in [-0.4, -0.2) is 18.0 Å². The molecule has 0 saturated heterocycles. The number of ether oxygens (including phenoxy) is 1. The Morgan fingerprint density at radius 3 is 2.84 bits per heavy atom. The van der Waals surface area contributed by atoms with Crippen molar-refractivity contribution in [2.45, 2.75) is 51.0 Å². The number of hydrogen-bond donors (Lipinski definition) is 2. The van der Waals surface area contributed by atoms with Crippen LogP contribution in [0.15, 0.2) is 18.2 Å². The third-order valence-corrected chi connectivity index (χ3v) is 4.12. The van der Waals surface area contributed by atoms with Crippen molar-refractivity contribution in [3.63, 3.8) is 0 Å². The minimum absolute atomic E-state index is 0.0166. The van der Waals surface area contributed by atoms with E-state index < -0.39 is 0 Å². The molecule has 0 radical (unpaired) electrons. The first kappa shape index (κ1) is 12.6. The number of benzene rings is 1. The molecule has 1 amide bonds. The summed E-state index contributed by atoms with van der Waals surface area (Å²) < 4.78 is 5.36. The molecule has 19 heavy (non-hydrogen) atoms. The van der Waals surface area contributed by atoms with E-state index in [2.05, 4.69) is 5.32 Å². The van der Waals surface area contributed by atoms with Gasteiger partial charge in [0.15, 0.2) is 0 Å². The van der Waals surface area contributed by atoms with Gasteiger partial charge in [-0.1, -0.05) is 18.9 Å². The largest absolute Gasteiger partial charge is 0.372 e. The Kier molecular flexibility index (Phi) is 3.53. The van der Waals surface area contributed by atoms with Crippen LogP contribution < -0.4 is 11.1 Å². The van der Waals surface area contributed by atoms with Crippen LogP contribution in [0.3, 0.4) is 0 Å². The lowest BCUT2D eigenvalue weighted by Crippen LogP contribution is -2.49. The normalized spacial score (nSPS) is 25.9. The minimum Gasteiger partial charge on any atom is -0.372 e. The molecular formula is C15H20N2O2. The maximum atomic E-state index is 12.3. The Balaban J connectivity index is 1.70. The monoisotopic (exact) mass is 260 g/mol. The van der Waals surface area contributed by atoms with Crippen LogP contribution in [0.5, 0.6) is 0 Å². The van der Waals surface area contributed by atoms with Crippen molar-refractivity contribution >= 4 is 5.91 Å². The maximum absolute atomic E-state index is 12.3. The first-order valence-electron chi connectivity index (χ1n) is 7.00. The van der Waals surface area contributed by atoms with Gasteiger partial charge < -0.3 is 15.8 Å². The average molecular weight is 260 g/mol. The lowest BCUT2D eigenvalue weighted by atomic mass is 9.91. The zero-order valence-electron chi connectivity index (χ0n) is 11.0. The lowest BCUT2D eigenvalue weighted by Gasteiger charge is -2.29. The van der Waals surface area contributed by atoms with Gasteiger partial charge in [0.2, 0.25) is 0 Å². The Hall–Kier alpha value is -1.39. The predicted molar refractivity (Wildman–Crippen MR) is 72.6 cm³/mol. The van der Waals surface area contributed by atoms with Crippen molar-refractivity contribution in [2.75, 3.05) is 0 Å². The van der Waals surface area contributed by atoms with Crippen LogP contribution in [-0.2, 0) is 18.0 Å². The first-order valence-corrected chi connectivity index (χ1v) is 7.00. The topological polar surface area (TPSA) is 64.3 Å². The molecule has 1 aliphatic carbocycles. The second-order valence-corrected chi connectivity index (χ2v) is 5.50. The lowest BCUT2D eigenvalue weighted by molar-refractivity contribution is 0.0921. The fourth-order valence-electron chi connectivity index (χ4n) is 2.90. The fourth-order valence-corrected chi connectivity index (χ4v) is 2.90. The highest BCUT2D eigenvalue weighted by atomic mass is 16.5. The molecule has 1 saturated carbocycles. The van der Waals surface area contributed by atoms with Crippen LogP contribution in [0.25, 0.3) is 0 Å². The highest BCUT2D eigenvalue weighted by Crippen LogP contribution is 2.22. The van der Waals surface area contributed by atoms with E-state index >= 15 is 0 Å². The number of fused-ring (bicyclic) bond motifs is 1. The summed E-state index contributed by atoms with van der Waals surface area (Å²) in [6, 6.07) is 6.00. The van der Waals surface area contributed by atoms with Crippen molar-refractivity contribution in [2.24, 2.45) is 5.73 Å². The summed E-state index contributed by atoms with van der Waals surface area (Å²) in [6.45, 7) is 1.27. The summed E-state index contributed by atoms with van der Waals surface area (Å²) in [7, 11) is 0. The summed E-state index contributed by atoms with van der Waals surface area (Å²) >= 11 is 0. The number of amides is 1. The Bertz CT molecular complexity index is 487. The van der Waals surface area contributed by atoms with Crippen molar-refractivity contribution in [3.05, 3.63) is 34.9 Å². The van der Waals surface area contributed by atoms with Crippen LogP contribution >= 0.6 is 0 Å². The zero-order valence-corrected chi connectivity index (χ0v) is 11.0. The summed E-state index contributed by atoms with van der Waals surface area (Å²) in [5.74, 6) is -0.0166. The van der Waals surface area contributed by atoms with E-state index in [0.29, 0.717) is 18.8 Å². The Morgan fingerprint density at radius 1 is 1.21 bits per heavy atom. The highest BCUT2D eigenvalue weighted by molar-refractivity contribution is 5.94. The molecule has 0 bridgehead atoms. The molecular weight excluding hydrogens is 240 g/mol. The van der Waals surface area contributed by atoms with Crippen molar-refractivity contribution in [1.29, 1.82) is 0 Å². The van der Waals surface area contributed by atoms with E-state index in [-0.39, 0.29) is 18.0 Å². The highest BCUT2D eigenvalue weighted by Gasteiger charge is 2.24. The molecule has 2 aliphatic rings. The second-order valence-electron chi connectivity index (χ2n) is 5.50.